The van der Waals surface area contributed by atoms with Crippen molar-refractivity contribution >= 4 is 6.29 Å². The Morgan fingerprint density at radius 3 is 3.06 bits per heavy atom. The molecule has 17 heavy (non-hydrogen) atoms. The molecule has 1 aromatic rings. The molecule has 0 amide bonds. The minimum Gasteiger partial charge on any atom is -0.491 e. The molecule has 1 saturated heterocycles. The van der Waals surface area contributed by atoms with E-state index in [4.69, 9.17) is 9.47 Å². The molecule has 1 fully saturated rings. The van der Waals surface area contributed by atoms with Crippen molar-refractivity contribution in [1.29, 1.82) is 0 Å². The molecule has 1 aliphatic heterocycles. The van der Waals surface area contributed by atoms with Crippen molar-refractivity contribution < 1.29 is 14.3 Å². The average molecular weight is 234 g/mol. The van der Waals surface area contributed by atoms with Crippen molar-refractivity contribution in [3.63, 3.8) is 0 Å². The molecule has 3 heteroatoms. The molecular formula is C14H18O3. The lowest BCUT2D eigenvalue weighted by molar-refractivity contribution is -0.0110. The summed E-state index contributed by atoms with van der Waals surface area (Å²) < 4.78 is 11.2. The fourth-order valence-corrected chi connectivity index (χ4v) is 1.96. The Morgan fingerprint density at radius 1 is 1.47 bits per heavy atom. The lowest BCUT2D eigenvalue weighted by atomic mass is 10.1. The first-order chi connectivity index (χ1) is 8.29. The van der Waals surface area contributed by atoms with Gasteiger partial charge in [-0.25, -0.2) is 0 Å². The molecule has 3 nitrogen and oxygen atoms in total. The van der Waals surface area contributed by atoms with Gasteiger partial charge in [0.2, 0.25) is 0 Å². The van der Waals surface area contributed by atoms with Crippen molar-refractivity contribution in [2.45, 2.75) is 32.3 Å². The van der Waals surface area contributed by atoms with Gasteiger partial charge >= 0.3 is 0 Å². The quantitative estimate of drug-likeness (QED) is 0.751. The number of rotatable bonds is 4. The zero-order valence-corrected chi connectivity index (χ0v) is 10.1. The van der Waals surface area contributed by atoms with Crippen LogP contribution in [0.4, 0.5) is 0 Å². The number of carbonyl (C=O) groups is 1. The Morgan fingerprint density at radius 2 is 2.35 bits per heavy atom. The van der Waals surface area contributed by atoms with Crippen LogP contribution in [0.3, 0.4) is 0 Å². The van der Waals surface area contributed by atoms with Gasteiger partial charge in [0.1, 0.15) is 18.6 Å². The van der Waals surface area contributed by atoms with Gasteiger partial charge in [-0.1, -0.05) is 6.07 Å². The van der Waals surface area contributed by atoms with E-state index in [2.05, 4.69) is 0 Å². The average Bonchev–Trinajstić information content (AvgIpc) is 2.39. The van der Waals surface area contributed by atoms with Crippen molar-refractivity contribution in [3.05, 3.63) is 29.3 Å². The topological polar surface area (TPSA) is 35.5 Å². The maximum atomic E-state index is 10.8. The first kappa shape index (κ1) is 12.1. The Labute approximate surface area is 102 Å². The van der Waals surface area contributed by atoms with E-state index in [1.165, 1.54) is 6.42 Å². The van der Waals surface area contributed by atoms with Crippen molar-refractivity contribution in [1.82, 2.24) is 0 Å². The van der Waals surface area contributed by atoms with E-state index in [-0.39, 0.29) is 6.10 Å². The third kappa shape index (κ3) is 3.30. The van der Waals surface area contributed by atoms with Crippen LogP contribution in [0.25, 0.3) is 0 Å². The van der Waals surface area contributed by atoms with Crippen LogP contribution in [-0.2, 0) is 4.74 Å². The standard InChI is InChI=1S/C14H18O3/c1-11-5-6-13(8-12(11)9-15)17-10-14-4-2-3-7-16-14/h5-6,8-9,14H,2-4,7,10H2,1H3. The van der Waals surface area contributed by atoms with Gasteiger partial charge in [0.15, 0.2) is 0 Å². The molecule has 0 bridgehead atoms. The molecule has 1 heterocycles. The molecule has 1 aromatic carbocycles. The summed E-state index contributed by atoms with van der Waals surface area (Å²) in [6.07, 6.45) is 4.48. The number of ether oxygens (including phenoxy) is 2. The van der Waals surface area contributed by atoms with Crippen LogP contribution in [0.2, 0.25) is 0 Å². The molecule has 1 aliphatic rings. The second kappa shape index (κ2) is 5.82. The highest BCUT2D eigenvalue weighted by molar-refractivity contribution is 5.77. The van der Waals surface area contributed by atoms with E-state index in [1.807, 2.05) is 19.1 Å². The van der Waals surface area contributed by atoms with Crippen LogP contribution < -0.4 is 4.74 Å². The summed E-state index contributed by atoms with van der Waals surface area (Å²) in [5.74, 6) is 0.742. The Bertz CT molecular complexity index is 381. The first-order valence-corrected chi connectivity index (χ1v) is 6.10. The molecule has 0 spiro atoms. The van der Waals surface area contributed by atoms with Gasteiger partial charge in [0.05, 0.1) is 6.10 Å². The molecule has 0 N–H and O–H groups in total. The number of hydrogen-bond donors (Lipinski definition) is 0. The lowest BCUT2D eigenvalue weighted by Crippen LogP contribution is -2.25. The Balaban J connectivity index is 1.91. The summed E-state index contributed by atoms with van der Waals surface area (Å²) in [4.78, 5) is 10.8. The smallest absolute Gasteiger partial charge is 0.150 e. The summed E-state index contributed by atoms with van der Waals surface area (Å²) in [7, 11) is 0. The minimum absolute atomic E-state index is 0.199. The molecule has 92 valence electrons. The fraction of sp³-hybridized carbons (Fsp3) is 0.500. The van der Waals surface area contributed by atoms with Crippen LogP contribution >= 0.6 is 0 Å². The molecule has 1 atom stereocenters. The predicted octanol–water partition coefficient (Wildman–Crippen LogP) is 2.76. The summed E-state index contributed by atoms with van der Waals surface area (Å²) in [6.45, 7) is 3.32. The van der Waals surface area contributed by atoms with Gasteiger partial charge in [-0.2, -0.15) is 0 Å². The van der Waals surface area contributed by atoms with Gasteiger partial charge in [-0.3, -0.25) is 4.79 Å². The summed E-state index contributed by atoms with van der Waals surface area (Å²) in [6, 6.07) is 5.58. The number of aryl methyl sites for hydroxylation is 1. The number of hydrogen-bond acceptors (Lipinski definition) is 3. The SMILES string of the molecule is Cc1ccc(OCC2CCCCO2)cc1C=O. The normalized spacial score (nSPS) is 19.9. The fourth-order valence-electron chi connectivity index (χ4n) is 1.96. The van der Waals surface area contributed by atoms with Crippen LogP contribution in [-0.4, -0.2) is 25.6 Å². The van der Waals surface area contributed by atoms with Gasteiger partial charge < -0.3 is 9.47 Å². The van der Waals surface area contributed by atoms with E-state index in [0.29, 0.717) is 12.2 Å². The predicted molar refractivity (Wildman–Crippen MR) is 65.7 cm³/mol. The molecule has 0 saturated carbocycles. The summed E-state index contributed by atoms with van der Waals surface area (Å²) in [5, 5.41) is 0. The maximum Gasteiger partial charge on any atom is 0.150 e. The zero-order valence-electron chi connectivity index (χ0n) is 10.1. The monoisotopic (exact) mass is 234 g/mol. The highest BCUT2D eigenvalue weighted by Gasteiger charge is 2.14. The van der Waals surface area contributed by atoms with Gasteiger partial charge in [-0.15, -0.1) is 0 Å². The first-order valence-electron chi connectivity index (χ1n) is 6.10. The van der Waals surface area contributed by atoms with Crippen LogP contribution in [0.1, 0.15) is 35.2 Å². The minimum atomic E-state index is 0.199. The van der Waals surface area contributed by atoms with E-state index < -0.39 is 0 Å². The van der Waals surface area contributed by atoms with Crippen LogP contribution in [0.15, 0.2) is 18.2 Å². The highest BCUT2D eigenvalue weighted by Crippen LogP contribution is 2.18. The van der Waals surface area contributed by atoms with E-state index in [0.717, 1.165) is 37.0 Å². The highest BCUT2D eigenvalue weighted by atomic mass is 16.5. The maximum absolute atomic E-state index is 10.8. The van der Waals surface area contributed by atoms with Crippen molar-refractivity contribution in [2.24, 2.45) is 0 Å². The van der Waals surface area contributed by atoms with Gasteiger partial charge in [-0.05, 0) is 43.9 Å². The molecule has 0 aliphatic carbocycles. The Kier molecular flexibility index (Phi) is 4.15. The van der Waals surface area contributed by atoms with E-state index in [9.17, 15) is 4.79 Å². The van der Waals surface area contributed by atoms with E-state index >= 15 is 0 Å². The third-order valence-electron chi connectivity index (χ3n) is 3.09. The number of carbonyl (C=O) groups excluding carboxylic acids is 1. The number of benzene rings is 1. The van der Waals surface area contributed by atoms with Crippen LogP contribution in [0.5, 0.6) is 5.75 Å². The largest absolute Gasteiger partial charge is 0.491 e. The van der Waals surface area contributed by atoms with Gasteiger partial charge in [0, 0.05) is 12.2 Å². The van der Waals surface area contributed by atoms with Crippen molar-refractivity contribution in [2.75, 3.05) is 13.2 Å². The van der Waals surface area contributed by atoms with E-state index in [1.54, 1.807) is 6.07 Å². The van der Waals surface area contributed by atoms with Gasteiger partial charge in [0.25, 0.3) is 0 Å². The molecule has 1 unspecified atom stereocenters. The second-order valence-electron chi connectivity index (χ2n) is 4.44. The molecular weight excluding hydrogens is 216 g/mol. The number of aldehydes is 1. The lowest BCUT2D eigenvalue weighted by Gasteiger charge is -2.22. The molecule has 2 rings (SSSR count). The summed E-state index contributed by atoms with van der Waals surface area (Å²) >= 11 is 0. The Hall–Kier alpha value is -1.35. The van der Waals surface area contributed by atoms with Crippen LogP contribution in [0, 0.1) is 6.92 Å². The second-order valence-corrected chi connectivity index (χ2v) is 4.44. The third-order valence-corrected chi connectivity index (χ3v) is 3.09. The molecule has 0 radical (unpaired) electrons. The zero-order chi connectivity index (χ0) is 12.1. The summed E-state index contributed by atoms with van der Waals surface area (Å²) in [5.41, 5.74) is 1.66. The van der Waals surface area contributed by atoms with Crippen molar-refractivity contribution in [3.8, 4) is 5.75 Å². The molecule has 0 aromatic heterocycles.